The van der Waals surface area contributed by atoms with Gasteiger partial charge in [-0.25, -0.2) is 0 Å². The van der Waals surface area contributed by atoms with Crippen LogP contribution in [0.4, 0.5) is 13.2 Å². The molecule has 0 unspecified atom stereocenters. The third-order valence-corrected chi connectivity index (χ3v) is 4.51. The number of hydrogen-bond acceptors (Lipinski definition) is 6. The highest BCUT2D eigenvalue weighted by Crippen LogP contribution is 2.36. The molecule has 0 N–H and O–H groups in total. The van der Waals surface area contributed by atoms with Crippen molar-refractivity contribution in [1.82, 2.24) is 5.06 Å². The van der Waals surface area contributed by atoms with Crippen molar-refractivity contribution in [1.29, 1.82) is 0 Å². The number of hydrogen-bond donors (Lipinski definition) is 0. The van der Waals surface area contributed by atoms with Gasteiger partial charge in [0.05, 0.1) is 11.1 Å². The van der Waals surface area contributed by atoms with Gasteiger partial charge >= 0.3 is 15.6 Å². The number of rotatable bonds is 4. The van der Waals surface area contributed by atoms with Crippen LogP contribution in [0, 0.1) is 12.3 Å². The Hall–Kier alpha value is -3.10. The molecule has 1 aliphatic heterocycles. The van der Waals surface area contributed by atoms with Crippen molar-refractivity contribution in [2.45, 2.75) is 5.51 Å². The zero-order chi connectivity index (χ0) is 20.0. The molecule has 1 aliphatic rings. The highest BCUT2D eigenvalue weighted by molar-refractivity contribution is 7.87. The van der Waals surface area contributed by atoms with Gasteiger partial charge in [0.2, 0.25) is 0 Å². The lowest BCUT2D eigenvalue weighted by atomic mass is 9.94. The van der Waals surface area contributed by atoms with Crippen LogP contribution in [-0.2, 0) is 14.4 Å². The van der Waals surface area contributed by atoms with E-state index in [4.69, 9.17) is 11.2 Å². The fourth-order valence-corrected chi connectivity index (χ4v) is 2.92. The first-order valence-electron chi connectivity index (χ1n) is 7.10. The Balaban J connectivity index is 2.14. The molecule has 0 fully saturated rings. The van der Waals surface area contributed by atoms with E-state index in [0.29, 0.717) is 5.39 Å². The van der Waals surface area contributed by atoms with Gasteiger partial charge in [-0.2, -0.15) is 21.6 Å². The Bertz CT molecular complexity index is 1100. The van der Waals surface area contributed by atoms with Crippen molar-refractivity contribution in [2.24, 2.45) is 0 Å². The van der Waals surface area contributed by atoms with Crippen molar-refractivity contribution < 1.29 is 40.2 Å². The number of imide groups is 1. The van der Waals surface area contributed by atoms with E-state index >= 15 is 0 Å². The van der Waals surface area contributed by atoms with Crippen LogP contribution in [0.5, 0.6) is 5.75 Å². The number of ether oxygens (including phenoxy) is 1. The van der Waals surface area contributed by atoms with Crippen molar-refractivity contribution in [3.8, 4) is 18.1 Å². The average molecular weight is 399 g/mol. The van der Waals surface area contributed by atoms with Crippen molar-refractivity contribution in [3.63, 3.8) is 0 Å². The summed E-state index contributed by atoms with van der Waals surface area (Å²) in [5.41, 5.74) is -6.27. The van der Waals surface area contributed by atoms with E-state index in [1.54, 1.807) is 0 Å². The first kappa shape index (κ1) is 18.7. The van der Waals surface area contributed by atoms with Crippen LogP contribution < -0.4 is 4.74 Å². The summed E-state index contributed by atoms with van der Waals surface area (Å²) in [7, 11) is -6.22. The topological polar surface area (TPSA) is 90.0 Å². The van der Waals surface area contributed by atoms with Crippen LogP contribution in [0.3, 0.4) is 0 Å². The molecule has 2 aromatic carbocycles. The molecule has 140 valence electrons. The normalized spacial score (nSPS) is 14.4. The molecule has 3 rings (SSSR count). The second kappa shape index (κ2) is 6.26. The Morgan fingerprint density at radius 3 is 2.30 bits per heavy atom. The van der Waals surface area contributed by atoms with E-state index in [1.807, 2.05) is 0 Å². The maximum absolute atomic E-state index is 12.5. The van der Waals surface area contributed by atoms with Crippen LogP contribution in [0.1, 0.15) is 20.7 Å². The Kier molecular flexibility index (Phi) is 4.33. The van der Waals surface area contributed by atoms with Gasteiger partial charge in [0, 0.05) is 10.8 Å². The Morgan fingerprint density at radius 1 is 1.07 bits per heavy atom. The molecular formula is C16H8F3NO6S. The summed E-state index contributed by atoms with van der Waals surface area (Å²) in [5, 5.41) is -0.0337. The molecule has 0 aliphatic carbocycles. The number of benzene rings is 2. The molecule has 0 bridgehead atoms. The molecule has 0 saturated carbocycles. The minimum Gasteiger partial charge on any atom is -0.480 e. The first-order chi connectivity index (χ1) is 12.6. The summed E-state index contributed by atoms with van der Waals surface area (Å²) in [5.74, 6) is -0.235. The lowest BCUT2D eigenvalue weighted by molar-refractivity contribution is -0.0761. The minimum atomic E-state index is -6.22. The van der Waals surface area contributed by atoms with Crippen LogP contribution in [0.15, 0.2) is 30.3 Å². The van der Waals surface area contributed by atoms with Gasteiger partial charge in [-0.15, -0.1) is 15.8 Å². The van der Waals surface area contributed by atoms with E-state index in [1.165, 1.54) is 30.3 Å². The summed E-state index contributed by atoms with van der Waals surface area (Å²) in [6.07, 6.45) is 5.12. The third-order valence-electron chi connectivity index (χ3n) is 3.60. The first-order valence-corrected chi connectivity index (χ1v) is 8.51. The number of terminal acetylenes is 1. The highest BCUT2D eigenvalue weighted by atomic mass is 32.2. The zero-order valence-corrected chi connectivity index (χ0v) is 13.9. The summed E-state index contributed by atoms with van der Waals surface area (Å²) in [6, 6.07) is 6.60. The standard InChI is InChI=1S/C16H8F3NO6S/c1-2-8-25-12-7-6-11-13-9(12)4-3-5-10(13)14(21)20(15(11)22)26-27(23,24)16(17,18)19/h1,3-7H,8H2. The number of hydroxylamine groups is 2. The minimum absolute atomic E-state index is 0.0891. The molecule has 0 aromatic heterocycles. The molecule has 0 saturated heterocycles. The van der Waals surface area contributed by atoms with E-state index in [0.717, 1.165) is 0 Å². The molecule has 0 radical (unpaired) electrons. The number of carbonyl (C=O) groups excluding carboxylic acids is 2. The van der Waals surface area contributed by atoms with E-state index < -0.39 is 32.5 Å². The third kappa shape index (κ3) is 2.98. The maximum atomic E-state index is 12.5. The number of nitrogens with zero attached hydrogens (tertiary/aromatic N) is 1. The van der Waals surface area contributed by atoms with E-state index in [9.17, 15) is 31.2 Å². The number of carbonyl (C=O) groups is 2. The molecule has 2 aromatic rings. The molecule has 0 spiro atoms. The molecule has 11 heteroatoms. The van der Waals surface area contributed by atoms with Gasteiger partial charge in [-0.05, 0) is 18.2 Å². The number of alkyl halides is 3. The lowest BCUT2D eigenvalue weighted by Crippen LogP contribution is -2.44. The summed E-state index contributed by atoms with van der Waals surface area (Å²) < 4.78 is 69.1. The van der Waals surface area contributed by atoms with Gasteiger partial charge in [0.25, 0.3) is 11.8 Å². The zero-order valence-electron chi connectivity index (χ0n) is 13.1. The fourth-order valence-electron chi connectivity index (χ4n) is 2.50. The highest BCUT2D eigenvalue weighted by Gasteiger charge is 2.51. The SMILES string of the molecule is C#CCOc1ccc2c3c(cccc13)C(=O)N(OS(=O)(=O)C(F)(F)F)C2=O. The second-order valence-corrected chi connectivity index (χ2v) is 6.73. The van der Waals surface area contributed by atoms with Crippen molar-refractivity contribution in [3.05, 3.63) is 41.5 Å². The fraction of sp³-hybridized carbons (Fsp3) is 0.125. The molecule has 27 heavy (non-hydrogen) atoms. The van der Waals surface area contributed by atoms with Crippen molar-refractivity contribution >= 4 is 32.7 Å². The Labute approximate surface area is 150 Å². The lowest BCUT2D eigenvalue weighted by Gasteiger charge is -2.26. The predicted molar refractivity (Wildman–Crippen MR) is 84.8 cm³/mol. The summed E-state index contributed by atoms with van der Waals surface area (Å²) in [4.78, 5) is 24.8. The molecule has 2 amide bonds. The van der Waals surface area contributed by atoms with E-state index in [-0.39, 0.29) is 28.9 Å². The van der Waals surface area contributed by atoms with Gasteiger partial charge < -0.3 is 4.74 Å². The molecule has 7 nitrogen and oxygen atoms in total. The molecule has 1 heterocycles. The van der Waals surface area contributed by atoms with Crippen LogP contribution in [0.25, 0.3) is 10.8 Å². The smallest absolute Gasteiger partial charge is 0.480 e. The summed E-state index contributed by atoms with van der Waals surface area (Å²) >= 11 is 0. The molecule has 0 atom stereocenters. The summed E-state index contributed by atoms with van der Waals surface area (Å²) in [6.45, 7) is -0.0976. The quantitative estimate of drug-likeness (QED) is 0.445. The predicted octanol–water partition coefficient (Wildman–Crippen LogP) is 2.23. The average Bonchev–Trinajstić information content (AvgIpc) is 2.60. The van der Waals surface area contributed by atoms with Gasteiger partial charge in [-0.3, -0.25) is 9.59 Å². The second-order valence-electron chi connectivity index (χ2n) is 5.21. The van der Waals surface area contributed by atoms with Gasteiger partial charge in [0.15, 0.2) is 0 Å². The monoisotopic (exact) mass is 399 g/mol. The number of halogens is 3. The molecular weight excluding hydrogens is 391 g/mol. The maximum Gasteiger partial charge on any atom is 0.525 e. The van der Waals surface area contributed by atoms with Crippen LogP contribution in [0.2, 0.25) is 0 Å². The van der Waals surface area contributed by atoms with E-state index in [2.05, 4.69) is 10.2 Å². The van der Waals surface area contributed by atoms with Gasteiger partial charge in [-0.1, -0.05) is 18.1 Å². The van der Waals surface area contributed by atoms with Gasteiger partial charge in [0.1, 0.15) is 12.4 Å². The van der Waals surface area contributed by atoms with Crippen molar-refractivity contribution in [2.75, 3.05) is 6.61 Å². The Morgan fingerprint density at radius 2 is 1.70 bits per heavy atom. The van der Waals surface area contributed by atoms with Crippen LogP contribution >= 0.6 is 0 Å². The number of amides is 2. The largest absolute Gasteiger partial charge is 0.525 e. The van der Waals surface area contributed by atoms with Crippen LogP contribution in [-0.4, -0.2) is 37.4 Å².